The smallest absolute Gasteiger partial charge is 0.419 e. The minimum absolute atomic E-state index is 0.232. The van der Waals surface area contributed by atoms with Crippen molar-refractivity contribution in [3.8, 4) is 5.75 Å². The van der Waals surface area contributed by atoms with E-state index in [0.717, 1.165) is 17.2 Å². The predicted octanol–water partition coefficient (Wildman–Crippen LogP) is 3.95. The van der Waals surface area contributed by atoms with Crippen molar-refractivity contribution in [3.05, 3.63) is 65.2 Å². The van der Waals surface area contributed by atoms with Crippen LogP contribution in [0.4, 0.5) is 13.2 Å². The van der Waals surface area contributed by atoms with Gasteiger partial charge in [-0.3, -0.25) is 4.79 Å². The van der Waals surface area contributed by atoms with Crippen molar-refractivity contribution in [1.29, 1.82) is 0 Å². The van der Waals surface area contributed by atoms with Crippen LogP contribution in [0.1, 0.15) is 23.6 Å². The van der Waals surface area contributed by atoms with Gasteiger partial charge in [0, 0.05) is 13.2 Å². The first-order valence-electron chi connectivity index (χ1n) is 9.19. The molecule has 5 nitrogen and oxygen atoms in total. The third kappa shape index (κ3) is 8.13. The lowest BCUT2D eigenvalue weighted by molar-refractivity contribution is -0.139. The number of ether oxygens (including phenoxy) is 3. The Morgan fingerprint density at radius 3 is 2.48 bits per heavy atom. The first-order valence-corrected chi connectivity index (χ1v) is 9.19. The number of nitrogens with one attached hydrogen (secondary N) is 1. The Morgan fingerprint density at radius 2 is 1.72 bits per heavy atom. The quantitative estimate of drug-likeness (QED) is 0.569. The molecule has 0 aliphatic carbocycles. The summed E-state index contributed by atoms with van der Waals surface area (Å²) in [6.45, 7) is 3.73. The highest BCUT2D eigenvalue weighted by molar-refractivity contribution is 5.77. The van der Waals surface area contributed by atoms with Crippen molar-refractivity contribution in [1.82, 2.24) is 5.32 Å². The highest BCUT2D eigenvalue weighted by Crippen LogP contribution is 2.35. The lowest BCUT2D eigenvalue weighted by atomic mass is 10.1. The highest BCUT2D eigenvalue weighted by atomic mass is 19.4. The van der Waals surface area contributed by atoms with Crippen LogP contribution in [0.2, 0.25) is 0 Å². The van der Waals surface area contributed by atoms with E-state index in [1.807, 2.05) is 31.2 Å². The van der Waals surface area contributed by atoms with Crippen molar-refractivity contribution in [2.24, 2.45) is 0 Å². The zero-order chi connectivity index (χ0) is 21.1. The summed E-state index contributed by atoms with van der Waals surface area (Å²) >= 11 is 0. The molecule has 0 radical (unpaired) electrons. The Bertz CT molecular complexity index is 781. The van der Waals surface area contributed by atoms with Gasteiger partial charge in [0.05, 0.1) is 25.4 Å². The van der Waals surface area contributed by atoms with Gasteiger partial charge in [-0.1, -0.05) is 36.4 Å². The molecule has 2 aromatic carbocycles. The number of benzene rings is 2. The Hall–Kier alpha value is -2.58. The van der Waals surface area contributed by atoms with E-state index in [1.54, 1.807) is 0 Å². The number of carbonyl (C=O) groups is 1. The van der Waals surface area contributed by atoms with E-state index in [4.69, 9.17) is 14.2 Å². The molecule has 0 bridgehead atoms. The zero-order valence-electron chi connectivity index (χ0n) is 16.1. The maximum atomic E-state index is 12.9. The minimum Gasteiger partial charge on any atom is -0.483 e. The van der Waals surface area contributed by atoms with Crippen LogP contribution >= 0.6 is 0 Å². The minimum atomic E-state index is -4.54. The van der Waals surface area contributed by atoms with Crippen LogP contribution in [0.15, 0.2) is 48.5 Å². The summed E-state index contributed by atoms with van der Waals surface area (Å²) < 4.78 is 54.6. The van der Waals surface area contributed by atoms with E-state index in [1.165, 1.54) is 18.2 Å². The second-order valence-electron chi connectivity index (χ2n) is 6.13. The number of alkyl halides is 3. The first kappa shape index (κ1) is 22.7. The van der Waals surface area contributed by atoms with Gasteiger partial charge in [-0.2, -0.15) is 13.2 Å². The molecule has 2 aromatic rings. The van der Waals surface area contributed by atoms with Crippen LogP contribution in [0.3, 0.4) is 0 Å². The molecule has 1 N–H and O–H groups in total. The van der Waals surface area contributed by atoms with Gasteiger partial charge in [0.1, 0.15) is 5.75 Å². The second-order valence-corrected chi connectivity index (χ2v) is 6.13. The summed E-state index contributed by atoms with van der Waals surface area (Å²) in [5.41, 5.74) is 0.883. The van der Waals surface area contributed by atoms with Crippen molar-refractivity contribution in [2.75, 3.05) is 26.4 Å². The van der Waals surface area contributed by atoms with Crippen LogP contribution in [0.25, 0.3) is 0 Å². The molecule has 8 heteroatoms. The number of carbonyl (C=O) groups excluding carboxylic acids is 1. The van der Waals surface area contributed by atoms with E-state index in [-0.39, 0.29) is 12.3 Å². The molecule has 0 unspecified atom stereocenters. The molecule has 0 saturated heterocycles. The van der Waals surface area contributed by atoms with Crippen LogP contribution in [0.5, 0.6) is 5.75 Å². The number of rotatable bonds is 11. The van der Waals surface area contributed by atoms with E-state index >= 15 is 0 Å². The van der Waals surface area contributed by atoms with Gasteiger partial charge in [0.2, 0.25) is 0 Å². The van der Waals surface area contributed by atoms with E-state index in [2.05, 4.69) is 5.32 Å². The Balaban J connectivity index is 1.79. The lowest BCUT2D eigenvalue weighted by Gasteiger charge is -2.13. The lowest BCUT2D eigenvalue weighted by Crippen LogP contribution is -2.28. The van der Waals surface area contributed by atoms with Crippen LogP contribution in [-0.2, 0) is 33.6 Å². The van der Waals surface area contributed by atoms with Gasteiger partial charge in [-0.25, -0.2) is 0 Å². The molecule has 0 aromatic heterocycles. The maximum Gasteiger partial charge on any atom is 0.419 e. The van der Waals surface area contributed by atoms with Crippen LogP contribution < -0.4 is 10.1 Å². The van der Waals surface area contributed by atoms with Gasteiger partial charge in [-0.15, -0.1) is 0 Å². The summed E-state index contributed by atoms with van der Waals surface area (Å²) in [6.07, 6.45) is -4.54. The Morgan fingerprint density at radius 1 is 1.00 bits per heavy atom. The SMILES string of the molecule is CCOCCOCc1cccc(CNC(=O)COc2ccccc2C(F)(F)F)c1. The molecule has 0 fully saturated rings. The Labute approximate surface area is 167 Å². The number of hydrogen-bond donors (Lipinski definition) is 1. The summed E-state index contributed by atoms with van der Waals surface area (Å²) in [4.78, 5) is 12.0. The topological polar surface area (TPSA) is 56.8 Å². The van der Waals surface area contributed by atoms with Gasteiger partial charge in [-0.05, 0) is 30.2 Å². The fourth-order valence-electron chi connectivity index (χ4n) is 2.50. The van der Waals surface area contributed by atoms with E-state index in [0.29, 0.717) is 26.4 Å². The number of halogens is 3. The standard InChI is InChI=1S/C21H24F3NO4/c1-2-27-10-11-28-14-17-7-5-6-16(12-17)13-25-20(26)15-29-19-9-4-3-8-18(19)21(22,23)24/h3-9,12H,2,10-11,13-15H2,1H3,(H,25,26). The van der Waals surface area contributed by atoms with Crippen molar-refractivity contribution >= 4 is 5.91 Å². The summed E-state index contributed by atoms with van der Waals surface area (Å²) in [7, 11) is 0. The normalized spacial score (nSPS) is 11.3. The molecule has 29 heavy (non-hydrogen) atoms. The monoisotopic (exact) mass is 411 g/mol. The molecular weight excluding hydrogens is 387 g/mol. The summed E-state index contributed by atoms with van der Waals surface area (Å²) in [5, 5.41) is 2.63. The van der Waals surface area contributed by atoms with Gasteiger partial charge >= 0.3 is 6.18 Å². The van der Waals surface area contributed by atoms with Crippen LogP contribution in [0, 0.1) is 0 Å². The number of amides is 1. The van der Waals surface area contributed by atoms with Crippen molar-refractivity contribution in [3.63, 3.8) is 0 Å². The molecule has 0 spiro atoms. The largest absolute Gasteiger partial charge is 0.483 e. The average Bonchev–Trinajstić information content (AvgIpc) is 2.70. The maximum absolute atomic E-state index is 12.9. The molecule has 0 atom stereocenters. The van der Waals surface area contributed by atoms with Gasteiger partial charge in [0.25, 0.3) is 5.91 Å². The molecule has 158 valence electrons. The fourth-order valence-corrected chi connectivity index (χ4v) is 2.50. The third-order valence-corrected chi connectivity index (χ3v) is 3.88. The fraction of sp³-hybridized carbons (Fsp3) is 0.381. The van der Waals surface area contributed by atoms with Crippen LogP contribution in [-0.4, -0.2) is 32.3 Å². The summed E-state index contributed by atoms with van der Waals surface area (Å²) in [6, 6.07) is 12.3. The second kappa shape index (κ2) is 11.4. The number of para-hydroxylation sites is 1. The molecule has 2 rings (SSSR count). The molecule has 0 saturated carbocycles. The average molecular weight is 411 g/mol. The predicted molar refractivity (Wildman–Crippen MR) is 101 cm³/mol. The summed E-state index contributed by atoms with van der Waals surface area (Å²) in [5.74, 6) is -0.887. The molecule has 0 aliphatic heterocycles. The molecular formula is C21H24F3NO4. The van der Waals surface area contributed by atoms with Gasteiger partial charge in [0.15, 0.2) is 6.61 Å². The molecule has 1 amide bonds. The molecule has 0 heterocycles. The van der Waals surface area contributed by atoms with Gasteiger partial charge < -0.3 is 19.5 Å². The van der Waals surface area contributed by atoms with Crippen molar-refractivity contribution < 1.29 is 32.2 Å². The Kier molecular flexibility index (Phi) is 8.95. The molecule has 0 aliphatic rings. The highest BCUT2D eigenvalue weighted by Gasteiger charge is 2.34. The third-order valence-electron chi connectivity index (χ3n) is 3.88. The van der Waals surface area contributed by atoms with Crippen molar-refractivity contribution in [2.45, 2.75) is 26.3 Å². The van der Waals surface area contributed by atoms with E-state index in [9.17, 15) is 18.0 Å². The zero-order valence-corrected chi connectivity index (χ0v) is 16.1. The van der Waals surface area contributed by atoms with E-state index < -0.39 is 24.3 Å². The number of hydrogen-bond acceptors (Lipinski definition) is 4. The first-order chi connectivity index (χ1) is 13.9.